The van der Waals surface area contributed by atoms with Gasteiger partial charge in [0, 0.05) is 6.54 Å². The molecule has 2 bridgehead atoms. The monoisotopic (exact) mass is 476 g/mol. The van der Waals surface area contributed by atoms with Crippen molar-refractivity contribution in [2.45, 2.75) is 50.5 Å². The van der Waals surface area contributed by atoms with Gasteiger partial charge in [-0.25, -0.2) is 0 Å². The van der Waals surface area contributed by atoms with Crippen LogP contribution in [0.3, 0.4) is 0 Å². The SMILES string of the molecule is C=CCN(C(=O)C1N([C@@H](CO)C(C)C)C(=O)[C@@H]2[C@@H](C(=O)O)[C@H]3CCC12O3)c1ccccc1Cl. The van der Waals surface area contributed by atoms with E-state index in [0.29, 0.717) is 23.6 Å². The quantitative estimate of drug-likeness (QED) is 0.558. The minimum atomic E-state index is -1.26. The van der Waals surface area contributed by atoms with Crippen molar-refractivity contribution in [2.75, 3.05) is 18.1 Å². The Labute approximate surface area is 197 Å². The molecule has 1 aromatic rings. The molecule has 0 aromatic heterocycles. The van der Waals surface area contributed by atoms with E-state index in [9.17, 15) is 24.6 Å². The Morgan fingerprint density at radius 1 is 1.39 bits per heavy atom. The minimum Gasteiger partial charge on any atom is -0.481 e. The smallest absolute Gasteiger partial charge is 0.310 e. The first-order valence-corrected chi connectivity index (χ1v) is 11.6. The number of likely N-dealkylation sites (tertiary alicyclic amines) is 1. The van der Waals surface area contributed by atoms with E-state index in [1.807, 2.05) is 13.8 Å². The Kier molecular flexibility index (Phi) is 6.28. The largest absolute Gasteiger partial charge is 0.481 e. The van der Waals surface area contributed by atoms with Gasteiger partial charge in [-0.15, -0.1) is 6.58 Å². The van der Waals surface area contributed by atoms with E-state index in [1.54, 1.807) is 30.3 Å². The van der Waals surface area contributed by atoms with Crippen LogP contribution in [0.4, 0.5) is 5.69 Å². The fraction of sp³-hybridized carbons (Fsp3) is 0.542. The average Bonchev–Trinajstić information content (AvgIpc) is 3.40. The van der Waals surface area contributed by atoms with E-state index in [2.05, 4.69) is 6.58 Å². The number of aliphatic carboxylic acids is 1. The van der Waals surface area contributed by atoms with Crippen molar-refractivity contribution in [1.82, 2.24) is 4.90 Å². The minimum absolute atomic E-state index is 0.138. The predicted octanol–water partition coefficient (Wildman–Crippen LogP) is 2.34. The summed E-state index contributed by atoms with van der Waals surface area (Å²) in [6.07, 6.45) is 1.80. The van der Waals surface area contributed by atoms with E-state index in [1.165, 1.54) is 9.80 Å². The summed E-state index contributed by atoms with van der Waals surface area (Å²) < 4.78 is 6.23. The number of aliphatic hydroxyl groups is 1. The number of hydrogen-bond acceptors (Lipinski definition) is 5. The summed E-state index contributed by atoms with van der Waals surface area (Å²) in [5, 5.41) is 20.4. The fourth-order valence-corrected chi connectivity index (χ4v) is 6.12. The zero-order valence-electron chi connectivity index (χ0n) is 18.7. The maximum absolute atomic E-state index is 14.2. The van der Waals surface area contributed by atoms with E-state index in [-0.39, 0.29) is 19.1 Å². The molecule has 0 aliphatic carbocycles. The highest BCUT2D eigenvalue weighted by Crippen LogP contribution is 2.59. The molecule has 178 valence electrons. The van der Waals surface area contributed by atoms with Crippen LogP contribution < -0.4 is 4.90 Å². The molecule has 2 unspecified atom stereocenters. The number of carbonyl (C=O) groups is 3. The number of amides is 2. The zero-order valence-corrected chi connectivity index (χ0v) is 19.4. The molecular weight excluding hydrogens is 448 g/mol. The molecule has 3 saturated heterocycles. The van der Waals surface area contributed by atoms with Crippen molar-refractivity contribution in [1.29, 1.82) is 0 Å². The lowest BCUT2D eigenvalue weighted by Gasteiger charge is -2.40. The molecule has 3 heterocycles. The highest BCUT2D eigenvalue weighted by Gasteiger charge is 2.75. The number of fused-ring (bicyclic) bond motifs is 1. The second-order valence-electron chi connectivity index (χ2n) is 9.32. The lowest BCUT2D eigenvalue weighted by molar-refractivity contribution is -0.151. The van der Waals surface area contributed by atoms with E-state index < -0.39 is 53.4 Å². The van der Waals surface area contributed by atoms with E-state index in [4.69, 9.17) is 16.3 Å². The lowest BCUT2D eigenvalue weighted by Crippen LogP contribution is -2.59. The van der Waals surface area contributed by atoms with Crippen molar-refractivity contribution in [2.24, 2.45) is 17.8 Å². The number of para-hydroxylation sites is 1. The molecule has 0 saturated carbocycles. The topological polar surface area (TPSA) is 107 Å². The first kappa shape index (κ1) is 23.7. The highest BCUT2D eigenvalue weighted by atomic mass is 35.5. The number of hydrogen-bond donors (Lipinski definition) is 2. The number of halogens is 1. The predicted molar refractivity (Wildman–Crippen MR) is 122 cm³/mol. The van der Waals surface area contributed by atoms with E-state index in [0.717, 1.165) is 0 Å². The maximum Gasteiger partial charge on any atom is 0.310 e. The molecule has 8 nitrogen and oxygen atoms in total. The van der Waals surface area contributed by atoms with Gasteiger partial charge in [0.2, 0.25) is 5.91 Å². The molecular formula is C24H29ClN2O6. The van der Waals surface area contributed by atoms with Gasteiger partial charge in [-0.3, -0.25) is 14.4 Å². The van der Waals surface area contributed by atoms with Crippen LogP contribution >= 0.6 is 11.6 Å². The third kappa shape index (κ3) is 3.47. The molecule has 1 aromatic carbocycles. The fourth-order valence-electron chi connectivity index (χ4n) is 5.88. The summed E-state index contributed by atoms with van der Waals surface area (Å²) in [6.45, 7) is 7.24. The van der Waals surface area contributed by atoms with Gasteiger partial charge in [0.1, 0.15) is 11.6 Å². The molecule has 0 radical (unpaired) electrons. The van der Waals surface area contributed by atoms with Gasteiger partial charge in [-0.1, -0.05) is 43.7 Å². The molecule has 33 heavy (non-hydrogen) atoms. The van der Waals surface area contributed by atoms with Gasteiger partial charge in [0.25, 0.3) is 5.91 Å². The number of carbonyl (C=O) groups excluding carboxylic acids is 2. The van der Waals surface area contributed by atoms with Crippen LogP contribution in [0.1, 0.15) is 26.7 Å². The van der Waals surface area contributed by atoms with E-state index >= 15 is 0 Å². The van der Waals surface area contributed by atoms with Crippen molar-refractivity contribution in [3.05, 3.63) is 41.9 Å². The summed E-state index contributed by atoms with van der Waals surface area (Å²) in [6, 6.07) is 5.13. The number of rotatable bonds is 8. The molecule has 2 amide bonds. The summed E-state index contributed by atoms with van der Waals surface area (Å²) in [4.78, 5) is 42.9. The number of carboxylic acid groups (broad SMARTS) is 1. The molecule has 3 aliphatic heterocycles. The molecule has 1 spiro atoms. The van der Waals surface area contributed by atoms with Crippen molar-refractivity contribution < 1.29 is 29.3 Å². The molecule has 6 atom stereocenters. The highest BCUT2D eigenvalue weighted by molar-refractivity contribution is 6.34. The molecule has 9 heteroatoms. The third-order valence-corrected chi connectivity index (χ3v) is 7.61. The van der Waals surface area contributed by atoms with Gasteiger partial charge in [0.15, 0.2) is 0 Å². The lowest BCUT2D eigenvalue weighted by atomic mass is 9.70. The number of ether oxygens (including phenoxy) is 1. The Bertz CT molecular complexity index is 983. The molecule has 3 aliphatic rings. The Balaban J connectivity index is 1.86. The number of benzene rings is 1. The number of anilines is 1. The zero-order chi connectivity index (χ0) is 24.1. The van der Waals surface area contributed by atoms with Crippen molar-refractivity contribution in [3.8, 4) is 0 Å². The van der Waals surface area contributed by atoms with Gasteiger partial charge in [-0.05, 0) is 30.9 Å². The van der Waals surface area contributed by atoms with Crippen LogP contribution in [0.15, 0.2) is 36.9 Å². The van der Waals surface area contributed by atoms with Crippen LogP contribution in [0, 0.1) is 17.8 Å². The van der Waals surface area contributed by atoms with Crippen molar-refractivity contribution >= 4 is 35.1 Å². The van der Waals surface area contributed by atoms with Gasteiger partial charge >= 0.3 is 5.97 Å². The third-order valence-electron chi connectivity index (χ3n) is 7.29. The summed E-state index contributed by atoms with van der Waals surface area (Å²) in [5.74, 6) is -4.15. The van der Waals surface area contributed by atoms with Crippen LogP contribution in [0.25, 0.3) is 0 Å². The van der Waals surface area contributed by atoms with Gasteiger partial charge in [-0.2, -0.15) is 0 Å². The summed E-state index contributed by atoms with van der Waals surface area (Å²) >= 11 is 6.41. The number of nitrogens with zero attached hydrogens (tertiary/aromatic N) is 2. The van der Waals surface area contributed by atoms with Crippen molar-refractivity contribution in [3.63, 3.8) is 0 Å². The van der Waals surface area contributed by atoms with Crippen LogP contribution in [0.5, 0.6) is 0 Å². The Hall–Kier alpha value is -2.42. The maximum atomic E-state index is 14.2. The Morgan fingerprint density at radius 2 is 2.09 bits per heavy atom. The first-order valence-electron chi connectivity index (χ1n) is 11.2. The second-order valence-corrected chi connectivity index (χ2v) is 9.73. The summed E-state index contributed by atoms with van der Waals surface area (Å²) in [5.41, 5.74) is -0.797. The van der Waals surface area contributed by atoms with Gasteiger partial charge < -0.3 is 24.7 Å². The Morgan fingerprint density at radius 3 is 2.67 bits per heavy atom. The summed E-state index contributed by atoms with van der Waals surface area (Å²) in [7, 11) is 0. The molecule has 4 rings (SSSR count). The van der Waals surface area contributed by atoms with Crippen LogP contribution in [-0.2, 0) is 19.1 Å². The molecule has 2 N–H and O–H groups in total. The molecule has 3 fully saturated rings. The number of carboxylic acids is 1. The van der Waals surface area contributed by atoms with Gasteiger partial charge in [0.05, 0.1) is 41.3 Å². The standard InChI is InChI=1S/C24H29ClN2O6/c1-4-11-26(15-8-6-5-7-14(15)25)22(30)20-24-10-9-17(33-24)18(23(31)32)19(24)21(29)27(20)16(12-28)13(2)3/h4-8,13,16-20,28H,1,9-12H2,2-3H3,(H,31,32)/t16-,17+,18-,19-,20?,24?/m0/s1. The normalized spacial score (nSPS) is 31.1. The first-order chi connectivity index (χ1) is 15.7. The van der Waals surface area contributed by atoms with Crippen LogP contribution in [0.2, 0.25) is 5.02 Å². The second kappa shape index (κ2) is 8.74. The number of aliphatic hydroxyl groups excluding tert-OH is 1. The van der Waals surface area contributed by atoms with Crippen LogP contribution in [-0.4, -0.2) is 69.8 Å². The average molecular weight is 477 g/mol.